The van der Waals surface area contributed by atoms with Crippen LogP contribution in [-0.4, -0.2) is 20.6 Å². The molecule has 1 aromatic heterocycles. The van der Waals surface area contributed by atoms with Crippen LogP contribution in [0.4, 0.5) is 13.2 Å². The van der Waals surface area contributed by atoms with Crippen LogP contribution in [0.25, 0.3) is 11.4 Å². The van der Waals surface area contributed by atoms with Crippen LogP contribution in [-0.2, 0) is 13.2 Å². The van der Waals surface area contributed by atoms with Gasteiger partial charge in [-0.25, -0.2) is 9.78 Å². The molecule has 8 heteroatoms. The van der Waals surface area contributed by atoms with Crippen molar-refractivity contribution in [1.29, 1.82) is 0 Å². The van der Waals surface area contributed by atoms with Crippen molar-refractivity contribution < 1.29 is 23.1 Å². The number of halogens is 4. The number of hydrogen-bond donors (Lipinski definition) is 1. The van der Waals surface area contributed by atoms with E-state index in [-0.39, 0.29) is 22.2 Å². The van der Waals surface area contributed by atoms with Crippen molar-refractivity contribution in [3.63, 3.8) is 0 Å². The number of nitrogens with zero attached hydrogens (tertiary/aromatic N) is 2. The Kier molecular flexibility index (Phi) is 3.47. The standard InChI is InChI=1S/C12H8ClF3N2O2/c1-18-8(11(19)20)9(13)17-10(18)6-3-2-4-7(5-6)12(14,15)16/h2-5H,1H3,(H,19,20). The van der Waals surface area contributed by atoms with Crippen LogP contribution in [0, 0.1) is 0 Å². The molecule has 0 unspecified atom stereocenters. The average Bonchev–Trinajstić information content (AvgIpc) is 2.64. The van der Waals surface area contributed by atoms with Gasteiger partial charge in [-0.15, -0.1) is 0 Å². The van der Waals surface area contributed by atoms with E-state index in [1.165, 1.54) is 19.2 Å². The molecule has 0 radical (unpaired) electrons. The zero-order chi connectivity index (χ0) is 15.1. The molecule has 0 aliphatic rings. The number of rotatable bonds is 2. The van der Waals surface area contributed by atoms with Crippen molar-refractivity contribution in [2.75, 3.05) is 0 Å². The summed E-state index contributed by atoms with van der Waals surface area (Å²) < 4.78 is 39.1. The maximum absolute atomic E-state index is 12.6. The highest BCUT2D eigenvalue weighted by atomic mass is 35.5. The summed E-state index contributed by atoms with van der Waals surface area (Å²) in [5.41, 5.74) is -0.984. The molecule has 106 valence electrons. The van der Waals surface area contributed by atoms with Crippen LogP contribution in [0.2, 0.25) is 5.15 Å². The smallest absolute Gasteiger partial charge is 0.416 e. The lowest BCUT2D eigenvalue weighted by Crippen LogP contribution is -2.07. The van der Waals surface area contributed by atoms with E-state index in [0.29, 0.717) is 0 Å². The van der Waals surface area contributed by atoms with Gasteiger partial charge in [0, 0.05) is 12.6 Å². The Bertz CT molecular complexity index is 680. The Morgan fingerprint density at radius 3 is 2.55 bits per heavy atom. The summed E-state index contributed by atoms with van der Waals surface area (Å²) in [6.07, 6.45) is -4.49. The molecular formula is C12H8ClF3N2O2. The molecular weight excluding hydrogens is 297 g/mol. The van der Waals surface area contributed by atoms with Gasteiger partial charge in [-0.2, -0.15) is 13.2 Å². The molecule has 0 spiro atoms. The Balaban J connectivity index is 2.58. The van der Waals surface area contributed by atoms with Crippen molar-refractivity contribution in [2.45, 2.75) is 6.18 Å². The Morgan fingerprint density at radius 1 is 1.40 bits per heavy atom. The van der Waals surface area contributed by atoms with Gasteiger partial charge in [-0.05, 0) is 12.1 Å². The Hall–Kier alpha value is -2.02. The second-order valence-electron chi connectivity index (χ2n) is 4.02. The van der Waals surface area contributed by atoms with Gasteiger partial charge in [0.05, 0.1) is 5.56 Å². The first kappa shape index (κ1) is 14.4. The number of benzene rings is 1. The van der Waals surface area contributed by atoms with Gasteiger partial charge in [0.15, 0.2) is 10.8 Å². The van der Waals surface area contributed by atoms with Crippen molar-refractivity contribution in [2.24, 2.45) is 7.05 Å². The average molecular weight is 305 g/mol. The third-order valence-corrected chi connectivity index (χ3v) is 2.97. The second kappa shape index (κ2) is 4.82. The highest BCUT2D eigenvalue weighted by Crippen LogP contribution is 2.32. The van der Waals surface area contributed by atoms with Gasteiger partial charge in [0.1, 0.15) is 5.82 Å². The maximum atomic E-state index is 12.6. The zero-order valence-corrected chi connectivity index (χ0v) is 10.8. The fraction of sp³-hybridized carbons (Fsp3) is 0.167. The summed E-state index contributed by atoms with van der Waals surface area (Å²) in [4.78, 5) is 14.8. The Labute approximate surface area is 116 Å². The minimum Gasteiger partial charge on any atom is -0.476 e. The monoisotopic (exact) mass is 304 g/mol. The van der Waals surface area contributed by atoms with Gasteiger partial charge in [-0.1, -0.05) is 23.7 Å². The number of carbonyl (C=O) groups is 1. The number of aromatic nitrogens is 2. The van der Waals surface area contributed by atoms with Gasteiger partial charge in [-0.3, -0.25) is 0 Å². The number of carboxylic acid groups (broad SMARTS) is 1. The van der Waals surface area contributed by atoms with Gasteiger partial charge in [0.2, 0.25) is 0 Å². The molecule has 0 fully saturated rings. The van der Waals surface area contributed by atoms with E-state index in [1.54, 1.807) is 0 Å². The summed E-state index contributed by atoms with van der Waals surface area (Å²) >= 11 is 5.69. The van der Waals surface area contributed by atoms with Crippen molar-refractivity contribution >= 4 is 17.6 Å². The van der Waals surface area contributed by atoms with Crippen LogP contribution < -0.4 is 0 Å². The molecule has 4 nitrogen and oxygen atoms in total. The van der Waals surface area contributed by atoms with E-state index in [1.807, 2.05) is 0 Å². The molecule has 0 amide bonds. The lowest BCUT2D eigenvalue weighted by atomic mass is 10.1. The summed E-state index contributed by atoms with van der Waals surface area (Å²) in [5, 5.41) is 8.69. The minimum absolute atomic E-state index is 0.0542. The third kappa shape index (κ3) is 2.49. The van der Waals surface area contributed by atoms with Crippen LogP contribution in [0.5, 0.6) is 0 Å². The molecule has 20 heavy (non-hydrogen) atoms. The highest BCUT2D eigenvalue weighted by Gasteiger charge is 2.31. The number of hydrogen-bond acceptors (Lipinski definition) is 2. The summed E-state index contributed by atoms with van der Waals surface area (Å²) in [7, 11) is 1.37. The number of aromatic carboxylic acids is 1. The molecule has 0 aliphatic carbocycles. The SMILES string of the molecule is Cn1c(-c2cccc(C(F)(F)F)c2)nc(Cl)c1C(=O)O. The molecule has 1 aromatic carbocycles. The maximum Gasteiger partial charge on any atom is 0.416 e. The van der Waals surface area contributed by atoms with E-state index in [9.17, 15) is 18.0 Å². The van der Waals surface area contributed by atoms with Crippen molar-refractivity contribution in [1.82, 2.24) is 9.55 Å². The van der Waals surface area contributed by atoms with E-state index in [2.05, 4.69) is 4.98 Å². The predicted octanol–water partition coefficient (Wildman–Crippen LogP) is 3.46. The molecule has 2 rings (SSSR count). The number of imidazole rings is 1. The quantitative estimate of drug-likeness (QED) is 0.924. The van der Waals surface area contributed by atoms with Crippen LogP contribution in [0.15, 0.2) is 24.3 Å². The van der Waals surface area contributed by atoms with E-state index in [4.69, 9.17) is 16.7 Å². The molecule has 0 aliphatic heterocycles. The molecule has 1 heterocycles. The molecule has 1 N–H and O–H groups in total. The zero-order valence-electron chi connectivity index (χ0n) is 10.1. The predicted molar refractivity (Wildman–Crippen MR) is 65.6 cm³/mol. The van der Waals surface area contributed by atoms with Gasteiger partial charge in [0.25, 0.3) is 0 Å². The second-order valence-corrected chi connectivity index (χ2v) is 4.38. The normalized spacial score (nSPS) is 11.7. The topological polar surface area (TPSA) is 55.1 Å². The summed E-state index contributed by atoms with van der Waals surface area (Å²) in [6, 6.07) is 4.44. The summed E-state index contributed by atoms with van der Waals surface area (Å²) in [6.45, 7) is 0. The van der Waals surface area contributed by atoms with Crippen LogP contribution >= 0.6 is 11.6 Å². The fourth-order valence-corrected chi connectivity index (χ4v) is 2.08. The lowest BCUT2D eigenvalue weighted by molar-refractivity contribution is -0.137. The lowest BCUT2D eigenvalue weighted by Gasteiger charge is -2.08. The molecule has 0 bridgehead atoms. The molecule has 0 saturated heterocycles. The Morgan fingerprint density at radius 2 is 2.05 bits per heavy atom. The third-order valence-electron chi connectivity index (χ3n) is 2.70. The van der Waals surface area contributed by atoms with E-state index in [0.717, 1.165) is 16.7 Å². The first-order valence-corrected chi connectivity index (χ1v) is 5.72. The molecule has 2 aromatic rings. The minimum atomic E-state index is -4.49. The van der Waals surface area contributed by atoms with Crippen LogP contribution in [0.1, 0.15) is 16.1 Å². The van der Waals surface area contributed by atoms with Crippen LogP contribution in [0.3, 0.4) is 0 Å². The summed E-state index contributed by atoms with van der Waals surface area (Å²) in [5.74, 6) is -1.25. The number of alkyl halides is 3. The van der Waals surface area contributed by atoms with Gasteiger partial charge >= 0.3 is 12.1 Å². The molecule has 0 saturated carbocycles. The van der Waals surface area contributed by atoms with Gasteiger partial charge < -0.3 is 9.67 Å². The van der Waals surface area contributed by atoms with E-state index >= 15 is 0 Å². The first-order valence-electron chi connectivity index (χ1n) is 5.35. The van der Waals surface area contributed by atoms with Crippen molar-refractivity contribution in [3.05, 3.63) is 40.7 Å². The number of carboxylic acids is 1. The molecule has 0 atom stereocenters. The van der Waals surface area contributed by atoms with E-state index < -0.39 is 17.7 Å². The first-order chi connectivity index (χ1) is 9.21. The highest BCUT2D eigenvalue weighted by molar-refractivity contribution is 6.32. The largest absolute Gasteiger partial charge is 0.476 e. The van der Waals surface area contributed by atoms with Crippen molar-refractivity contribution in [3.8, 4) is 11.4 Å². The fourth-order valence-electron chi connectivity index (χ4n) is 1.79.